The molecule has 1 saturated heterocycles. The van der Waals surface area contributed by atoms with Gasteiger partial charge in [0.05, 0.1) is 12.2 Å². The molecule has 2 amide bonds. The molecule has 2 aliphatic rings. The predicted octanol–water partition coefficient (Wildman–Crippen LogP) is 3.51. The third-order valence-electron chi connectivity index (χ3n) is 6.95. The summed E-state index contributed by atoms with van der Waals surface area (Å²) in [6.45, 7) is 5.36. The minimum absolute atomic E-state index is 0.0485. The quantitative estimate of drug-likeness (QED) is 0.392. The first-order valence-electron chi connectivity index (χ1n) is 12.6. The molecule has 0 unspecified atom stereocenters. The molecule has 0 spiro atoms. The standard InChI is InChI=1S/C26H43N3O4/c1-20(17-27-2)28-25(30)29-15-8-9-22(18-29)26(31,14-6-7-16-32-3)23-10-4-5-11-24(23)33-19-21-12-13-21/h4-5,10-11,20-22,27,31H,6-9,12-19H2,1-3H3,(H,28,30)/t20-,22+,26-/m0/s1. The number of hydrogen-bond donors (Lipinski definition) is 3. The Kier molecular flexibility index (Phi) is 9.83. The normalized spacial score (nSPS) is 21.3. The Hall–Kier alpha value is -1.83. The van der Waals surface area contributed by atoms with Crippen LogP contribution >= 0.6 is 0 Å². The number of benzene rings is 1. The molecule has 2 fully saturated rings. The molecular formula is C26H43N3O4. The lowest BCUT2D eigenvalue weighted by Crippen LogP contribution is -2.53. The number of likely N-dealkylation sites (N-methyl/N-ethyl adjacent to an activating group) is 1. The van der Waals surface area contributed by atoms with Crippen LogP contribution in [0.2, 0.25) is 0 Å². The summed E-state index contributed by atoms with van der Waals surface area (Å²) < 4.78 is 11.4. The Morgan fingerprint density at radius 2 is 2.06 bits per heavy atom. The Morgan fingerprint density at radius 1 is 1.27 bits per heavy atom. The average molecular weight is 462 g/mol. The van der Waals surface area contributed by atoms with Crippen LogP contribution in [0.25, 0.3) is 0 Å². The molecular weight excluding hydrogens is 418 g/mol. The van der Waals surface area contributed by atoms with Crippen LogP contribution < -0.4 is 15.4 Å². The third-order valence-corrected chi connectivity index (χ3v) is 6.95. The maximum absolute atomic E-state index is 12.9. The van der Waals surface area contributed by atoms with Crippen molar-refractivity contribution in [3.8, 4) is 5.75 Å². The van der Waals surface area contributed by atoms with E-state index >= 15 is 0 Å². The van der Waals surface area contributed by atoms with E-state index in [1.807, 2.05) is 43.1 Å². The molecule has 7 nitrogen and oxygen atoms in total. The van der Waals surface area contributed by atoms with Crippen LogP contribution in [-0.4, -0.2) is 69.1 Å². The van der Waals surface area contributed by atoms with Crippen LogP contribution in [0.3, 0.4) is 0 Å². The van der Waals surface area contributed by atoms with E-state index in [-0.39, 0.29) is 18.0 Å². The molecule has 0 bridgehead atoms. The van der Waals surface area contributed by atoms with Gasteiger partial charge in [-0.1, -0.05) is 18.2 Å². The largest absolute Gasteiger partial charge is 0.493 e. The fourth-order valence-corrected chi connectivity index (χ4v) is 4.85. The second-order valence-electron chi connectivity index (χ2n) is 9.82. The number of amides is 2. The fraction of sp³-hybridized carbons (Fsp3) is 0.731. The molecule has 7 heteroatoms. The van der Waals surface area contributed by atoms with Crippen LogP contribution in [0.4, 0.5) is 4.79 Å². The first kappa shape index (κ1) is 25.8. The molecule has 0 aromatic heterocycles. The molecule has 3 N–H and O–H groups in total. The lowest BCUT2D eigenvalue weighted by molar-refractivity contribution is -0.0580. The summed E-state index contributed by atoms with van der Waals surface area (Å²) in [5.74, 6) is 1.37. The lowest BCUT2D eigenvalue weighted by Gasteiger charge is -2.43. The molecule has 1 aliphatic heterocycles. The minimum atomic E-state index is -1.05. The van der Waals surface area contributed by atoms with Gasteiger partial charge in [0, 0.05) is 50.9 Å². The van der Waals surface area contributed by atoms with Crippen molar-refractivity contribution in [1.82, 2.24) is 15.5 Å². The van der Waals surface area contributed by atoms with Gasteiger partial charge < -0.3 is 30.1 Å². The Bertz CT molecular complexity index is 742. The van der Waals surface area contributed by atoms with Crippen LogP contribution in [-0.2, 0) is 10.3 Å². The van der Waals surface area contributed by atoms with E-state index in [1.54, 1.807) is 7.11 Å². The van der Waals surface area contributed by atoms with Crippen molar-refractivity contribution in [2.24, 2.45) is 11.8 Å². The van der Waals surface area contributed by atoms with Crippen molar-refractivity contribution in [2.75, 3.05) is 47.0 Å². The first-order valence-corrected chi connectivity index (χ1v) is 12.6. The molecule has 0 radical (unpaired) electrons. The molecule has 33 heavy (non-hydrogen) atoms. The van der Waals surface area contributed by atoms with Crippen molar-refractivity contribution in [3.05, 3.63) is 29.8 Å². The number of urea groups is 1. The number of para-hydroxylation sites is 1. The number of carbonyl (C=O) groups excluding carboxylic acids is 1. The van der Waals surface area contributed by atoms with Gasteiger partial charge in [-0.3, -0.25) is 0 Å². The maximum Gasteiger partial charge on any atom is 0.317 e. The zero-order valence-electron chi connectivity index (χ0n) is 20.6. The summed E-state index contributed by atoms with van der Waals surface area (Å²) >= 11 is 0. The van der Waals surface area contributed by atoms with Crippen LogP contribution in [0.15, 0.2) is 24.3 Å². The smallest absolute Gasteiger partial charge is 0.317 e. The van der Waals surface area contributed by atoms with E-state index in [0.29, 0.717) is 38.6 Å². The summed E-state index contributed by atoms with van der Waals surface area (Å²) in [6.07, 6.45) is 6.57. The maximum atomic E-state index is 12.9. The Labute approximate surface area is 199 Å². The molecule has 186 valence electrons. The summed E-state index contributed by atoms with van der Waals surface area (Å²) in [5.41, 5.74) is -0.192. The van der Waals surface area contributed by atoms with Gasteiger partial charge in [0.1, 0.15) is 5.75 Å². The highest BCUT2D eigenvalue weighted by molar-refractivity contribution is 5.74. The fourth-order valence-electron chi connectivity index (χ4n) is 4.85. The van der Waals surface area contributed by atoms with Crippen molar-refractivity contribution < 1.29 is 19.4 Å². The Balaban J connectivity index is 1.78. The highest BCUT2D eigenvalue weighted by Crippen LogP contribution is 2.44. The molecule has 1 aromatic carbocycles. The molecule has 3 atom stereocenters. The SMILES string of the molecule is CNC[C@H](C)NC(=O)N1CCC[C@@H]([C@@](O)(CCCCOC)c2ccccc2OCC2CC2)C1. The number of piperidine rings is 1. The number of nitrogens with one attached hydrogen (secondary N) is 2. The van der Waals surface area contributed by atoms with E-state index < -0.39 is 5.60 Å². The summed E-state index contributed by atoms with van der Waals surface area (Å²) in [7, 11) is 3.59. The van der Waals surface area contributed by atoms with Gasteiger partial charge in [-0.2, -0.15) is 0 Å². The second kappa shape index (κ2) is 12.6. The lowest BCUT2D eigenvalue weighted by atomic mass is 9.73. The van der Waals surface area contributed by atoms with E-state index in [0.717, 1.165) is 43.5 Å². The number of hydrogen-bond acceptors (Lipinski definition) is 5. The van der Waals surface area contributed by atoms with Gasteiger partial charge in [-0.25, -0.2) is 4.79 Å². The van der Waals surface area contributed by atoms with Crippen molar-refractivity contribution >= 4 is 6.03 Å². The molecule has 1 heterocycles. The number of nitrogens with zero attached hydrogens (tertiary/aromatic N) is 1. The van der Waals surface area contributed by atoms with Crippen LogP contribution in [0.5, 0.6) is 5.75 Å². The number of aliphatic hydroxyl groups is 1. The molecule has 1 saturated carbocycles. The highest BCUT2D eigenvalue weighted by Gasteiger charge is 2.43. The minimum Gasteiger partial charge on any atom is -0.493 e. The topological polar surface area (TPSA) is 83.1 Å². The highest BCUT2D eigenvalue weighted by atomic mass is 16.5. The van der Waals surface area contributed by atoms with Crippen molar-refractivity contribution in [1.29, 1.82) is 0 Å². The summed E-state index contributed by atoms with van der Waals surface area (Å²) in [6, 6.07) is 7.93. The number of rotatable bonds is 13. The number of likely N-dealkylation sites (tertiary alicyclic amines) is 1. The number of ether oxygens (including phenoxy) is 2. The van der Waals surface area contributed by atoms with E-state index in [1.165, 1.54) is 12.8 Å². The van der Waals surface area contributed by atoms with Gasteiger partial charge in [-0.05, 0) is 70.9 Å². The average Bonchev–Trinajstić information content (AvgIpc) is 3.65. The summed E-state index contributed by atoms with van der Waals surface area (Å²) in [5, 5.41) is 18.4. The van der Waals surface area contributed by atoms with Gasteiger partial charge in [0.25, 0.3) is 0 Å². The van der Waals surface area contributed by atoms with E-state index in [2.05, 4.69) is 10.6 Å². The second-order valence-corrected chi connectivity index (χ2v) is 9.82. The van der Waals surface area contributed by atoms with Gasteiger partial charge in [0.2, 0.25) is 0 Å². The molecule has 3 rings (SSSR count). The zero-order valence-corrected chi connectivity index (χ0v) is 20.6. The first-order chi connectivity index (χ1) is 16.0. The third kappa shape index (κ3) is 7.33. The predicted molar refractivity (Wildman–Crippen MR) is 131 cm³/mol. The van der Waals surface area contributed by atoms with Crippen LogP contribution in [0.1, 0.15) is 57.4 Å². The van der Waals surface area contributed by atoms with Gasteiger partial charge in [0.15, 0.2) is 0 Å². The van der Waals surface area contributed by atoms with E-state index in [9.17, 15) is 9.90 Å². The number of carbonyl (C=O) groups is 1. The van der Waals surface area contributed by atoms with Gasteiger partial charge in [-0.15, -0.1) is 0 Å². The monoisotopic (exact) mass is 461 g/mol. The summed E-state index contributed by atoms with van der Waals surface area (Å²) in [4.78, 5) is 14.8. The number of unbranched alkanes of at least 4 members (excludes halogenated alkanes) is 1. The van der Waals surface area contributed by atoms with Crippen molar-refractivity contribution in [2.45, 2.75) is 63.5 Å². The van der Waals surface area contributed by atoms with Gasteiger partial charge >= 0.3 is 6.03 Å². The molecule has 1 aliphatic carbocycles. The van der Waals surface area contributed by atoms with E-state index in [4.69, 9.17) is 9.47 Å². The number of methoxy groups -OCH3 is 1. The zero-order chi connectivity index (χ0) is 23.7. The molecule has 1 aromatic rings. The van der Waals surface area contributed by atoms with Crippen molar-refractivity contribution in [3.63, 3.8) is 0 Å². The Morgan fingerprint density at radius 3 is 2.79 bits per heavy atom. The van der Waals surface area contributed by atoms with Crippen LogP contribution in [0, 0.1) is 11.8 Å².